The average Bonchev–Trinajstić information content (AvgIpc) is 2.27. The second kappa shape index (κ2) is 4.91. The molecule has 2 atom stereocenters. The third-order valence-corrected chi connectivity index (χ3v) is 2.20. The quantitative estimate of drug-likeness (QED) is 0.644. The molecule has 0 saturated heterocycles. The predicted octanol–water partition coefficient (Wildman–Crippen LogP) is -0.407. The summed E-state index contributed by atoms with van der Waals surface area (Å²) in [5.41, 5.74) is 5.69. The van der Waals surface area contributed by atoms with Crippen molar-refractivity contribution in [2.45, 2.75) is 12.1 Å². The van der Waals surface area contributed by atoms with Crippen LogP contribution in [0.15, 0.2) is 18.3 Å². The molecule has 0 aromatic carbocycles. The highest BCUT2D eigenvalue weighted by atomic mass is 16.4. The van der Waals surface area contributed by atoms with Gasteiger partial charge in [-0.15, -0.1) is 0 Å². The van der Waals surface area contributed by atoms with Crippen LogP contribution in [0.1, 0.15) is 11.7 Å². The van der Waals surface area contributed by atoms with Gasteiger partial charge in [0.1, 0.15) is 18.0 Å². The molecule has 0 fully saturated rings. The van der Waals surface area contributed by atoms with Crippen molar-refractivity contribution in [1.29, 1.82) is 0 Å². The lowest BCUT2D eigenvalue weighted by Gasteiger charge is -2.16. The van der Waals surface area contributed by atoms with Crippen LogP contribution in [0.5, 0.6) is 0 Å². The van der Waals surface area contributed by atoms with Gasteiger partial charge in [0.05, 0.1) is 0 Å². The van der Waals surface area contributed by atoms with Crippen molar-refractivity contribution in [2.75, 3.05) is 19.0 Å². The minimum absolute atomic E-state index is 0.389. The molecule has 88 valence electrons. The monoisotopic (exact) mass is 225 g/mol. The number of carboxylic acids is 1. The van der Waals surface area contributed by atoms with Crippen molar-refractivity contribution in [2.24, 2.45) is 5.73 Å². The number of nitrogens with two attached hydrogens (primary N) is 1. The van der Waals surface area contributed by atoms with E-state index in [4.69, 9.17) is 10.8 Å². The molecule has 0 bridgehead atoms. The normalized spacial score (nSPS) is 14.2. The van der Waals surface area contributed by atoms with Crippen LogP contribution in [0.3, 0.4) is 0 Å². The van der Waals surface area contributed by atoms with Crippen molar-refractivity contribution in [3.63, 3.8) is 0 Å². The Morgan fingerprint density at radius 2 is 2.12 bits per heavy atom. The highest BCUT2D eigenvalue weighted by Crippen LogP contribution is 2.17. The van der Waals surface area contributed by atoms with E-state index in [-0.39, 0.29) is 0 Å². The van der Waals surface area contributed by atoms with E-state index in [1.165, 1.54) is 6.20 Å². The van der Waals surface area contributed by atoms with Gasteiger partial charge in [-0.3, -0.25) is 4.79 Å². The summed E-state index contributed by atoms with van der Waals surface area (Å²) in [6.07, 6.45) is 0.171. The molecule has 6 heteroatoms. The van der Waals surface area contributed by atoms with Gasteiger partial charge in [-0.05, 0) is 6.07 Å². The first-order chi connectivity index (χ1) is 7.43. The summed E-state index contributed by atoms with van der Waals surface area (Å²) in [4.78, 5) is 16.4. The van der Waals surface area contributed by atoms with Gasteiger partial charge >= 0.3 is 5.97 Å². The minimum atomic E-state index is -1.34. The molecule has 0 aliphatic heterocycles. The summed E-state index contributed by atoms with van der Waals surface area (Å²) in [6, 6.07) is 1.95. The standard InChI is InChI=1S/C10H15N3O3/c1-13(2)7-4-3-6(5-12-7)9(14)8(11)10(15)16/h3-5,8-9,14H,11H2,1-2H3,(H,15,16). The van der Waals surface area contributed by atoms with E-state index >= 15 is 0 Å². The number of aliphatic hydroxyl groups is 1. The van der Waals surface area contributed by atoms with Gasteiger partial charge in [-0.1, -0.05) is 6.07 Å². The van der Waals surface area contributed by atoms with Gasteiger partial charge in [0.2, 0.25) is 0 Å². The summed E-state index contributed by atoms with van der Waals surface area (Å²) in [5, 5.41) is 18.3. The summed E-state index contributed by atoms with van der Waals surface area (Å²) < 4.78 is 0. The van der Waals surface area contributed by atoms with Gasteiger partial charge < -0.3 is 20.8 Å². The molecule has 0 spiro atoms. The van der Waals surface area contributed by atoms with Crippen molar-refractivity contribution < 1.29 is 15.0 Å². The first-order valence-corrected chi connectivity index (χ1v) is 4.73. The molecule has 1 heterocycles. The molecule has 1 aromatic rings. The minimum Gasteiger partial charge on any atom is -0.480 e. The maximum atomic E-state index is 10.6. The number of pyridine rings is 1. The van der Waals surface area contributed by atoms with Crippen molar-refractivity contribution in [3.8, 4) is 0 Å². The van der Waals surface area contributed by atoms with Crippen LogP contribution in [-0.2, 0) is 4.79 Å². The van der Waals surface area contributed by atoms with Gasteiger partial charge in [-0.2, -0.15) is 0 Å². The van der Waals surface area contributed by atoms with Crippen molar-refractivity contribution in [1.82, 2.24) is 4.98 Å². The number of aliphatic hydroxyl groups excluding tert-OH is 1. The molecule has 4 N–H and O–H groups in total. The number of carboxylic acid groups (broad SMARTS) is 1. The van der Waals surface area contributed by atoms with Crippen LogP contribution in [0.2, 0.25) is 0 Å². The van der Waals surface area contributed by atoms with E-state index in [2.05, 4.69) is 4.98 Å². The van der Waals surface area contributed by atoms with Crippen LogP contribution in [0.25, 0.3) is 0 Å². The third kappa shape index (κ3) is 2.68. The Balaban J connectivity index is 2.85. The van der Waals surface area contributed by atoms with Gasteiger partial charge in [0.15, 0.2) is 0 Å². The molecular weight excluding hydrogens is 210 g/mol. The molecule has 1 rings (SSSR count). The molecular formula is C10H15N3O3. The Morgan fingerprint density at radius 3 is 2.50 bits per heavy atom. The van der Waals surface area contributed by atoms with Crippen LogP contribution in [-0.4, -0.2) is 41.3 Å². The third-order valence-electron chi connectivity index (χ3n) is 2.20. The lowest BCUT2D eigenvalue weighted by molar-refractivity contribution is -0.141. The Labute approximate surface area is 93.3 Å². The summed E-state index contributed by atoms with van der Waals surface area (Å²) in [7, 11) is 3.67. The maximum Gasteiger partial charge on any atom is 0.323 e. The fourth-order valence-electron chi connectivity index (χ4n) is 1.18. The predicted molar refractivity (Wildman–Crippen MR) is 59.1 cm³/mol. The Morgan fingerprint density at radius 1 is 1.50 bits per heavy atom. The Hall–Kier alpha value is -1.66. The molecule has 16 heavy (non-hydrogen) atoms. The van der Waals surface area contributed by atoms with E-state index in [0.29, 0.717) is 5.56 Å². The molecule has 0 amide bonds. The van der Waals surface area contributed by atoms with Crippen LogP contribution in [0, 0.1) is 0 Å². The molecule has 2 unspecified atom stereocenters. The van der Waals surface area contributed by atoms with E-state index < -0.39 is 18.1 Å². The zero-order chi connectivity index (χ0) is 12.3. The molecule has 0 aliphatic rings. The smallest absolute Gasteiger partial charge is 0.323 e. The summed E-state index contributed by atoms with van der Waals surface area (Å²) in [6.45, 7) is 0. The highest BCUT2D eigenvalue weighted by Gasteiger charge is 2.23. The van der Waals surface area contributed by atoms with E-state index in [1.54, 1.807) is 17.0 Å². The summed E-state index contributed by atoms with van der Waals surface area (Å²) >= 11 is 0. The zero-order valence-electron chi connectivity index (χ0n) is 9.16. The summed E-state index contributed by atoms with van der Waals surface area (Å²) in [5.74, 6) is -0.524. The van der Waals surface area contributed by atoms with Crippen LogP contribution in [0.4, 0.5) is 5.82 Å². The lowest BCUT2D eigenvalue weighted by Crippen LogP contribution is -2.36. The first kappa shape index (κ1) is 12.4. The second-order valence-electron chi connectivity index (χ2n) is 3.65. The van der Waals surface area contributed by atoms with Crippen LogP contribution < -0.4 is 10.6 Å². The number of rotatable bonds is 4. The van der Waals surface area contributed by atoms with Gasteiger partial charge in [-0.25, -0.2) is 4.98 Å². The van der Waals surface area contributed by atoms with Crippen molar-refractivity contribution >= 4 is 11.8 Å². The molecule has 0 aliphatic carbocycles. The van der Waals surface area contributed by atoms with Gasteiger partial charge in [0.25, 0.3) is 0 Å². The number of carbonyl (C=O) groups is 1. The number of anilines is 1. The highest BCUT2D eigenvalue weighted by molar-refractivity contribution is 5.74. The largest absolute Gasteiger partial charge is 0.480 e. The SMILES string of the molecule is CN(C)c1ccc(C(O)C(N)C(=O)O)cn1. The second-order valence-corrected chi connectivity index (χ2v) is 3.65. The van der Waals surface area contributed by atoms with E-state index in [0.717, 1.165) is 5.82 Å². The molecule has 0 saturated carbocycles. The van der Waals surface area contributed by atoms with E-state index in [9.17, 15) is 9.90 Å². The Bertz CT molecular complexity index is 364. The fourth-order valence-corrected chi connectivity index (χ4v) is 1.18. The zero-order valence-corrected chi connectivity index (χ0v) is 9.16. The number of hydrogen-bond acceptors (Lipinski definition) is 5. The number of hydrogen-bond donors (Lipinski definition) is 3. The molecule has 6 nitrogen and oxygen atoms in total. The van der Waals surface area contributed by atoms with Crippen LogP contribution >= 0.6 is 0 Å². The average molecular weight is 225 g/mol. The van der Waals surface area contributed by atoms with E-state index in [1.807, 2.05) is 14.1 Å². The maximum absolute atomic E-state index is 10.6. The number of nitrogens with zero attached hydrogens (tertiary/aromatic N) is 2. The van der Waals surface area contributed by atoms with Gasteiger partial charge in [0, 0.05) is 25.9 Å². The first-order valence-electron chi connectivity index (χ1n) is 4.73. The molecule has 1 aromatic heterocycles. The topological polar surface area (TPSA) is 99.7 Å². The lowest BCUT2D eigenvalue weighted by atomic mass is 10.1. The fraction of sp³-hybridized carbons (Fsp3) is 0.400. The van der Waals surface area contributed by atoms with Crippen molar-refractivity contribution in [3.05, 3.63) is 23.9 Å². The number of aromatic nitrogens is 1. The molecule has 0 radical (unpaired) electrons. The Kier molecular flexibility index (Phi) is 3.81. The number of aliphatic carboxylic acids is 1.